The van der Waals surface area contributed by atoms with E-state index < -0.39 is 10.9 Å². The van der Waals surface area contributed by atoms with Crippen molar-refractivity contribution in [2.45, 2.75) is 26.7 Å². The maximum Gasteiger partial charge on any atom is 0.338 e. The van der Waals surface area contributed by atoms with Gasteiger partial charge in [-0.05, 0) is 18.9 Å². The molecule has 0 aromatic carbocycles. The summed E-state index contributed by atoms with van der Waals surface area (Å²) in [5.74, 6) is -1.13. The van der Waals surface area contributed by atoms with Crippen LogP contribution >= 0.6 is 0 Å². The van der Waals surface area contributed by atoms with Crippen LogP contribution in [0, 0.1) is 10.1 Å². The van der Waals surface area contributed by atoms with Gasteiger partial charge in [-0.3, -0.25) is 15.1 Å². The number of pyridine rings is 1. The van der Waals surface area contributed by atoms with Gasteiger partial charge in [0, 0.05) is 6.20 Å². The van der Waals surface area contributed by atoms with Crippen LogP contribution in [0.2, 0.25) is 0 Å². The Morgan fingerprint density at radius 1 is 1.43 bits per heavy atom. The third-order valence-corrected chi connectivity index (χ3v) is 3.13. The number of rotatable bonds is 5. The molecular formula is C13H14N4O4. The van der Waals surface area contributed by atoms with Gasteiger partial charge in [-0.1, -0.05) is 13.8 Å². The lowest BCUT2D eigenvalue weighted by Gasteiger charge is -2.07. The average Bonchev–Trinajstić information content (AvgIpc) is 2.85. The summed E-state index contributed by atoms with van der Waals surface area (Å²) < 4.78 is 1.31. The first-order chi connectivity index (χ1) is 10.0. The second-order valence-electron chi connectivity index (χ2n) is 4.32. The number of hydrogen-bond acceptors (Lipinski definition) is 5. The van der Waals surface area contributed by atoms with E-state index in [1.807, 2.05) is 0 Å². The summed E-state index contributed by atoms with van der Waals surface area (Å²) in [5, 5.41) is 24.7. The van der Waals surface area contributed by atoms with Crippen LogP contribution in [0.1, 0.15) is 35.6 Å². The fraction of sp³-hybridized carbons (Fsp3) is 0.308. The van der Waals surface area contributed by atoms with Crippen molar-refractivity contribution in [3.63, 3.8) is 0 Å². The maximum atomic E-state index is 11.3. The molecular weight excluding hydrogens is 276 g/mol. The molecule has 21 heavy (non-hydrogen) atoms. The third kappa shape index (κ3) is 2.47. The summed E-state index contributed by atoms with van der Waals surface area (Å²) in [7, 11) is 0. The molecule has 0 saturated heterocycles. The van der Waals surface area contributed by atoms with Crippen molar-refractivity contribution >= 4 is 11.7 Å². The number of aryl methyl sites for hydroxylation is 1. The SMILES string of the molecule is CCc1nn(-c2cnccc2C(=O)O)c(CC)c1[N+](=O)[O-]. The Kier molecular flexibility index (Phi) is 3.97. The predicted octanol–water partition coefficient (Wildman–Crippen LogP) is 2.00. The summed E-state index contributed by atoms with van der Waals surface area (Å²) in [4.78, 5) is 26.0. The van der Waals surface area contributed by atoms with Crippen LogP contribution in [0.4, 0.5) is 5.69 Å². The van der Waals surface area contributed by atoms with Gasteiger partial charge in [0.25, 0.3) is 0 Å². The number of nitro groups is 1. The van der Waals surface area contributed by atoms with Gasteiger partial charge in [0.05, 0.1) is 22.4 Å². The Labute approximate surface area is 120 Å². The van der Waals surface area contributed by atoms with Crippen molar-refractivity contribution in [2.24, 2.45) is 0 Å². The van der Waals surface area contributed by atoms with E-state index in [1.54, 1.807) is 13.8 Å². The highest BCUT2D eigenvalue weighted by Crippen LogP contribution is 2.28. The molecule has 0 aliphatic rings. The molecule has 0 aliphatic carbocycles. The van der Waals surface area contributed by atoms with Gasteiger partial charge in [-0.25, -0.2) is 9.48 Å². The lowest BCUT2D eigenvalue weighted by atomic mass is 10.2. The maximum absolute atomic E-state index is 11.3. The van der Waals surface area contributed by atoms with Crippen molar-refractivity contribution in [2.75, 3.05) is 0 Å². The normalized spacial score (nSPS) is 10.6. The quantitative estimate of drug-likeness (QED) is 0.666. The number of hydrogen-bond donors (Lipinski definition) is 1. The molecule has 2 rings (SSSR count). The fourth-order valence-electron chi connectivity index (χ4n) is 2.20. The molecule has 8 heteroatoms. The van der Waals surface area contributed by atoms with E-state index in [1.165, 1.54) is 23.1 Å². The molecule has 0 amide bonds. The Balaban J connectivity index is 2.76. The van der Waals surface area contributed by atoms with Crippen molar-refractivity contribution in [1.29, 1.82) is 0 Å². The Bertz CT molecular complexity index is 708. The van der Waals surface area contributed by atoms with Crippen LogP contribution in [-0.2, 0) is 12.8 Å². The molecule has 0 unspecified atom stereocenters. The molecule has 8 nitrogen and oxygen atoms in total. The smallest absolute Gasteiger partial charge is 0.338 e. The van der Waals surface area contributed by atoms with E-state index >= 15 is 0 Å². The number of carboxylic acid groups (broad SMARTS) is 1. The van der Waals surface area contributed by atoms with Crippen molar-refractivity contribution < 1.29 is 14.8 Å². The van der Waals surface area contributed by atoms with E-state index in [4.69, 9.17) is 0 Å². The molecule has 0 radical (unpaired) electrons. The van der Waals surface area contributed by atoms with Crippen LogP contribution in [0.25, 0.3) is 5.69 Å². The lowest BCUT2D eigenvalue weighted by Crippen LogP contribution is -2.10. The van der Waals surface area contributed by atoms with Crippen molar-refractivity contribution in [3.8, 4) is 5.69 Å². The second-order valence-corrected chi connectivity index (χ2v) is 4.32. The predicted molar refractivity (Wildman–Crippen MR) is 73.7 cm³/mol. The topological polar surface area (TPSA) is 111 Å². The van der Waals surface area contributed by atoms with Crippen LogP contribution < -0.4 is 0 Å². The van der Waals surface area contributed by atoms with Crippen LogP contribution in [0.5, 0.6) is 0 Å². The number of carboxylic acids is 1. The van der Waals surface area contributed by atoms with Crippen LogP contribution in [0.3, 0.4) is 0 Å². The Morgan fingerprint density at radius 3 is 2.67 bits per heavy atom. The molecule has 2 aromatic heterocycles. The van der Waals surface area contributed by atoms with E-state index in [-0.39, 0.29) is 16.9 Å². The van der Waals surface area contributed by atoms with Gasteiger partial charge in [-0.2, -0.15) is 5.10 Å². The standard InChI is InChI=1S/C13H14N4O4/c1-3-9-12(17(20)21)10(4-2)16(15-9)11-7-14-6-5-8(11)13(18)19/h5-7H,3-4H2,1-2H3,(H,18,19). The largest absolute Gasteiger partial charge is 0.478 e. The Morgan fingerprint density at radius 2 is 2.14 bits per heavy atom. The van der Waals surface area contributed by atoms with Crippen molar-refractivity contribution in [3.05, 3.63) is 45.5 Å². The van der Waals surface area contributed by atoms with Crippen molar-refractivity contribution in [1.82, 2.24) is 14.8 Å². The minimum Gasteiger partial charge on any atom is -0.478 e. The van der Waals surface area contributed by atoms with Gasteiger partial charge in [0.15, 0.2) is 0 Å². The molecule has 0 aliphatic heterocycles. The van der Waals surface area contributed by atoms with Gasteiger partial charge in [0.2, 0.25) is 0 Å². The summed E-state index contributed by atoms with van der Waals surface area (Å²) in [6.45, 7) is 3.53. The van der Waals surface area contributed by atoms with Gasteiger partial charge >= 0.3 is 11.7 Å². The fourth-order valence-corrected chi connectivity index (χ4v) is 2.20. The Hall–Kier alpha value is -2.77. The number of nitrogens with zero attached hydrogens (tertiary/aromatic N) is 4. The monoisotopic (exact) mass is 290 g/mol. The highest BCUT2D eigenvalue weighted by Gasteiger charge is 2.27. The first kappa shape index (κ1) is 14.6. The zero-order valence-corrected chi connectivity index (χ0v) is 11.6. The van der Waals surface area contributed by atoms with Gasteiger partial charge in [0.1, 0.15) is 11.4 Å². The third-order valence-electron chi connectivity index (χ3n) is 3.13. The molecule has 1 N–H and O–H groups in total. The van der Waals surface area contributed by atoms with Gasteiger partial charge < -0.3 is 5.11 Å². The second kappa shape index (κ2) is 5.70. The lowest BCUT2D eigenvalue weighted by molar-refractivity contribution is -0.386. The molecule has 0 fully saturated rings. The van der Waals surface area contributed by atoms with E-state index in [2.05, 4.69) is 10.1 Å². The molecule has 0 bridgehead atoms. The summed E-state index contributed by atoms with van der Waals surface area (Å²) >= 11 is 0. The first-order valence-corrected chi connectivity index (χ1v) is 6.44. The summed E-state index contributed by atoms with van der Waals surface area (Å²) in [6, 6.07) is 1.34. The minimum absolute atomic E-state index is 0.000231. The molecule has 0 atom stereocenters. The zero-order chi connectivity index (χ0) is 15.6. The number of carbonyl (C=O) groups is 1. The number of aromatic nitrogens is 3. The summed E-state index contributed by atoms with van der Waals surface area (Å²) in [6.07, 6.45) is 3.45. The van der Waals surface area contributed by atoms with Crippen LogP contribution in [-0.4, -0.2) is 30.8 Å². The first-order valence-electron chi connectivity index (χ1n) is 6.44. The molecule has 0 saturated carbocycles. The van der Waals surface area contributed by atoms with E-state index in [0.29, 0.717) is 24.2 Å². The highest BCUT2D eigenvalue weighted by molar-refractivity contribution is 5.91. The summed E-state index contributed by atoms with van der Waals surface area (Å²) in [5.41, 5.74) is 0.869. The molecule has 110 valence electrons. The minimum atomic E-state index is -1.13. The average molecular weight is 290 g/mol. The molecule has 2 heterocycles. The molecule has 2 aromatic rings. The van der Waals surface area contributed by atoms with Crippen LogP contribution in [0.15, 0.2) is 18.5 Å². The van der Waals surface area contributed by atoms with E-state index in [0.717, 1.165) is 0 Å². The van der Waals surface area contributed by atoms with Gasteiger partial charge in [-0.15, -0.1) is 0 Å². The van der Waals surface area contributed by atoms with E-state index in [9.17, 15) is 20.0 Å². The highest BCUT2D eigenvalue weighted by atomic mass is 16.6. The number of aromatic carboxylic acids is 1. The molecule has 0 spiro atoms. The zero-order valence-electron chi connectivity index (χ0n) is 11.6.